The molecule has 1 aliphatic rings. The van der Waals surface area contributed by atoms with Crippen LogP contribution < -0.4 is 5.32 Å². The Hall–Kier alpha value is -1.44. The van der Waals surface area contributed by atoms with Gasteiger partial charge in [0.2, 0.25) is 0 Å². The Morgan fingerprint density at radius 1 is 1.44 bits per heavy atom. The third-order valence-electron chi connectivity index (χ3n) is 2.61. The molecule has 1 aliphatic heterocycles. The summed E-state index contributed by atoms with van der Waals surface area (Å²) in [5, 5.41) is 12.4. The van der Waals surface area contributed by atoms with Gasteiger partial charge in [-0.25, -0.2) is 13.4 Å². The number of hydrogen-bond acceptors (Lipinski definition) is 5. The second-order valence-electron chi connectivity index (χ2n) is 4.00. The molecule has 1 unspecified atom stereocenters. The molecule has 0 saturated carbocycles. The molecule has 0 amide bonds. The maximum Gasteiger partial charge on any atom is 0.267 e. The predicted molar refractivity (Wildman–Crippen MR) is 68.4 cm³/mol. The van der Waals surface area contributed by atoms with Crippen LogP contribution in [0.3, 0.4) is 0 Å². The number of likely N-dealkylation sites (N-methyl/N-ethyl adjacent to an activating group) is 1. The third kappa shape index (κ3) is 2.38. The van der Waals surface area contributed by atoms with Gasteiger partial charge in [0.15, 0.2) is 0 Å². The van der Waals surface area contributed by atoms with Gasteiger partial charge in [0.25, 0.3) is 10.0 Å². The van der Waals surface area contributed by atoms with Gasteiger partial charge >= 0.3 is 0 Å². The van der Waals surface area contributed by atoms with Gasteiger partial charge in [0.1, 0.15) is 11.2 Å². The zero-order valence-electron chi connectivity index (χ0n) is 9.94. The summed E-state index contributed by atoms with van der Waals surface area (Å²) < 4.78 is 25.6. The van der Waals surface area contributed by atoms with Crippen LogP contribution in [0.5, 0.6) is 0 Å². The zero-order chi connectivity index (χ0) is 13.2. The van der Waals surface area contributed by atoms with Gasteiger partial charge in [-0.15, -0.1) is 0 Å². The van der Waals surface area contributed by atoms with Crippen molar-refractivity contribution in [2.24, 2.45) is 4.99 Å². The lowest BCUT2D eigenvalue weighted by Gasteiger charge is -2.25. The average molecular weight is 269 g/mol. The Morgan fingerprint density at radius 2 is 2.17 bits per heavy atom. The van der Waals surface area contributed by atoms with E-state index in [1.807, 2.05) is 0 Å². The van der Waals surface area contributed by atoms with Gasteiger partial charge in [0.05, 0.1) is 18.3 Å². The molecule has 2 rings (SSSR count). The van der Waals surface area contributed by atoms with Crippen molar-refractivity contribution in [2.45, 2.75) is 11.0 Å². The van der Waals surface area contributed by atoms with Crippen LogP contribution in [-0.2, 0) is 10.0 Å². The monoisotopic (exact) mass is 269 g/mol. The van der Waals surface area contributed by atoms with Crippen molar-refractivity contribution in [1.82, 2.24) is 9.62 Å². The highest BCUT2D eigenvalue weighted by molar-refractivity contribution is 7.89. The lowest BCUT2D eigenvalue weighted by atomic mass is 10.3. The number of aliphatic imine (C=N–C) groups is 1. The normalized spacial score (nSPS) is 18.4. The van der Waals surface area contributed by atoms with Crippen LogP contribution in [0.2, 0.25) is 0 Å². The lowest BCUT2D eigenvalue weighted by molar-refractivity contribution is 0.162. The first kappa shape index (κ1) is 13.0. The van der Waals surface area contributed by atoms with Crippen LogP contribution in [0.4, 0.5) is 5.69 Å². The smallest absolute Gasteiger partial charge is 0.267 e. The standard InChI is InChI=1S/C11H15N3O3S/c1-12-6-9(15)7-14-8-13-10-4-2-3-5-11(10)18(14,16)17/h2-5,8-9,12,15H,6-7H2,1H3. The summed E-state index contributed by atoms with van der Waals surface area (Å²) in [6, 6.07) is 6.54. The van der Waals surface area contributed by atoms with Crippen molar-refractivity contribution >= 4 is 22.0 Å². The molecule has 7 heteroatoms. The van der Waals surface area contributed by atoms with E-state index in [4.69, 9.17) is 0 Å². The molecule has 2 N–H and O–H groups in total. The molecular weight excluding hydrogens is 254 g/mol. The van der Waals surface area contributed by atoms with Crippen molar-refractivity contribution < 1.29 is 13.5 Å². The molecule has 0 saturated heterocycles. The minimum Gasteiger partial charge on any atom is -0.390 e. The minimum atomic E-state index is -3.60. The first-order chi connectivity index (χ1) is 8.55. The van der Waals surface area contributed by atoms with E-state index in [-0.39, 0.29) is 11.4 Å². The zero-order valence-corrected chi connectivity index (χ0v) is 10.8. The summed E-state index contributed by atoms with van der Waals surface area (Å²) in [4.78, 5) is 4.24. The summed E-state index contributed by atoms with van der Waals surface area (Å²) in [7, 11) is -1.91. The number of nitrogens with zero attached hydrogens (tertiary/aromatic N) is 2. The molecule has 1 heterocycles. The fourth-order valence-electron chi connectivity index (χ4n) is 1.75. The molecule has 1 atom stereocenters. The number of benzene rings is 1. The number of fused-ring (bicyclic) bond motifs is 1. The minimum absolute atomic E-state index is 0.0129. The van der Waals surface area contributed by atoms with E-state index in [0.29, 0.717) is 12.2 Å². The number of β-amino-alcohol motifs (C(OH)–C–C–N with tert-alkyl or cyclic N) is 1. The van der Waals surface area contributed by atoms with Crippen LogP contribution in [0.1, 0.15) is 0 Å². The van der Waals surface area contributed by atoms with Crippen molar-refractivity contribution in [2.75, 3.05) is 20.1 Å². The summed E-state index contributed by atoms with van der Waals surface area (Å²) >= 11 is 0. The van der Waals surface area contributed by atoms with Gasteiger partial charge in [-0.05, 0) is 19.2 Å². The molecule has 6 nitrogen and oxygen atoms in total. The van der Waals surface area contributed by atoms with Crippen LogP contribution in [0, 0.1) is 0 Å². The molecule has 0 radical (unpaired) electrons. The Labute approximate surface area is 106 Å². The van der Waals surface area contributed by atoms with Crippen molar-refractivity contribution in [3.8, 4) is 0 Å². The highest BCUT2D eigenvalue weighted by atomic mass is 32.2. The van der Waals surface area contributed by atoms with E-state index in [2.05, 4.69) is 10.3 Å². The molecule has 1 aromatic rings. The highest BCUT2D eigenvalue weighted by Gasteiger charge is 2.29. The number of hydrogen-bond donors (Lipinski definition) is 2. The predicted octanol–water partition coefficient (Wildman–Crippen LogP) is -0.0690. The van der Waals surface area contributed by atoms with E-state index >= 15 is 0 Å². The second kappa shape index (κ2) is 5.05. The van der Waals surface area contributed by atoms with E-state index in [1.54, 1.807) is 25.2 Å². The third-order valence-corrected chi connectivity index (χ3v) is 4.37. The maximum absolute atomic E-state index is 12.2. The van der Waals surface area contributed by atoms with Gasteiger partial charge in [-0.3, -0.25) is 4.31 Å². The molecule has 0 aliphatic carbocycles. The number of nitrogens with one attached hydrogen (secondary N) is 1. The Balaban J connectivity index is 2.28. The first-order valence-corrected chi connectivity index (χ1v) is 6.97. The molecule has 98 valence electrons. The summed E-state index contributed by atoms with van der Waals surface area (Å²) in [6.07, 6.45) is 0.470. The largest absolute Gasteiger partial charge is 0.390 e. The van der Waals surface area contributed by atoms with Gasteiger partial charge in [0, 0.05) is 6.54 Å². The Bertz CT molecular complexity index is 556. The molecule has 0 bridgehead atoms. The summed E-state index contributed by atoms with van der Waals surface area (Å²) in [5.41, 5.74) is 0.428. The quantitative estimate of drug-likeness (QED) is 0.801. The fourth-order valence-corrected chi connectivity index (χ4v) is 3.18. The Kier molecular flexibility index (Phi) is 3.65. The van der Waals surface area contributed by atoms with Gasteiger partial charge in [-0.1, -0.05) is 12.1 Å². The van der Waals surface area contributed by atoms with Crippen molar-refractivity contribution in [3.05, 3.63) is 24.3 Å². The van der Waals surface area contributed by atoms with Crippen LogP contribution in [0.25, 0.3) is 0 Å². The summed E-state index contributed by atoms with van der Waals surface area (Å²) in [5.74, 6) is 0. The molecule has 0 spiro atoms. The molecular formula is C11H15N3O3S. The maximum atomic E-state index is 12.2. The Morgan fingerprint density at radius 3 is 2.89 bits per heavy atom. The average Bonchev–Trinajstić information content (AvgIpc) is 2.34. The number of aliphatic hydroxyl groups is 1. The fraction of sp³-hybridized carbons (Fsp3) is 0.364. The van der Waals surface area contributed by atoms with Crippen LogP contribution in [0.15, 0.2) is 34.2 Å². The number of aliphatic hydroxyl groups excluding tert-OH is 1. The number of rotatable bonds is 4. The lowest BCUT2D eigenvalue weighted by Crippen LogP contribution is -2.41. The topological polar surface area (TPSA) is 82.0 Å². The number of sulfonamides is 1. The number of para-hydroxylation sites is 1. The van der Waals surface area contributed by atoms with E-state index in [9.17, 15) is 13.5 Å². The molecule has 0 aromatic heterocycles. The summed E-state index contributed by atoms with van der Waals surface area (Å²) in [6.45, 7) is 0.308. The van der Waals surface area contributed by atoms with E-state index in [1.165, 1.54) is 12.4 Å². The van der Waals surface area contributed by atoms with Crippen LogP contribution >= 0.6 is 0 Å². The second-order valence-corrected chi connectivity index (χ2v) is 5.86. The first-order valence-electron chi connectivity index (χ1n) is 5.53. The highest BCUT2D eigenvalue weighted by Crippen LogP contribution is 2.29. The molecule has 18 heavy (non-hydrogen) atoms. The van der Waals surface area contributed by atoms with Crippen molar-refractivity contribution in [3.63, 3.8) is 0 Å². The van der Waals surface area contributed by atoms with Gasteiger partial charge in [-0.2, -0.15) is 0 Å². The van der Waals surface area contributed by atoms with E-state index in [0.717, 1.165) is 4.31 Å². The van der Waals surface area contributed by atoms with Crippen molar-refractivity contribution in [1.29, 1.82) is 0 Å². The van der Waals surface area contributed by atoms with Gasteiger partial charge < -0.3 is 10.4 Å². The van der Waals surface area contributed by atoms with E-state index < -0.39 is 16.1 Å². The van der Waals surface area contributed by atoms with Crippen LogP contribution in [-0.4, -0.2) is 50.4 Å². The molecule has 1 aromatic carbocycles. The SMILES string of the molecule is CNCC(O)CN1C=Nc2ccccc2S1(=O)=O. The molecule has 0 fully saturated rings.